The number of carbonyl (C=O) groups is 1. The van der Waals surface area contributed by atoms with E-state index in [-0.39, 0.29) is 10.5 Å². The lowest BCUT2D eigenvalue weighted by molar-refractivity contribution is -0.137. The minimum absolute atomic E-state index is 0.123. The fraction of sp³-hybridized carbons (Fsp3) is 0.0667. The van der Waals surface area contributed by atoms with Gasteiger partial charge in [-0.15, -0.1) is 11.3 Å². The van der Waals surface area contributed by atoms with Gasteiger partial charge in [0.1, 0.15) is 0 Å². The number of hydrogen-bond donors (Lipinski definition) is 1. The number of anilines is 1. The van der Waals surface area contributed by atoms with E-state index in [1.165, 1.54) is 6.07 Å². The number of benzene rings is 2. The van der Waals surface area contributed by atoms with Crippen LogP contribution >= 0.6 is 11.3 Å². The molecular formula is C15H9F3N2OS. The van der Waals surface area contributed by atoms with Crippen molar-refractivity contribution >= 4 is 33.1 Å². The van der Waals surface area contributed by atoms with E-state index in [1.807, 2.05) is 6.07 Å². The van der Waals surface area contributed by atoms with Crippen molar-refractivity contribution in [2.24, 2.45) is 0 Å². The second kappa shape index (κ2) is 5.42. The van der Waals surface area contributed by atoms with Crippen LogP contribution in [0.4, 0.5) is 18.9 Å². The summed E-state index contributed by atoms with van der Waals surface area (Å²) in [5, 5.41) is 2.77. The molecule has 0 atom stereocenters. The van der Waals surface area contributed by atoms with Crippen LogP contribution in [0, 0.1) is 0 Å². The summed E-state index contributed by atoms with van der Waals surface area (Å²) in [5.41, 5.74) is -0.0129. The molecule has 2 aromatic carbocycles. The quantitative estimate of drug-likeness (QED) is 0.751. The van der Waals surface area contributed by atoms with Gasteiger partial charge in [-0.3, -0.25) is 4.79 Å². The Labute approximate surface area is 127 Å². The zero-order chi connectivity index (χ0) is 15.7. The molecule has 22 heavy (non-hydrogen) atoms. The largest absolute Gasteiger partial charge is 0.416 e. The van der Waals surface area contributed by atoms with Gasteiger partial charge in [-0.1, -0.05) is 18.2 Å². The molecule has 0 radical (unpaired) electrons. The van der Waals surface area contributed by atoms with E-state index in [2.05, 4.69) is 10.3 Å². The summed E-state index contributed by atoms with van der Waals surface area (Å²) in [5.74, 6) is -0.444. The standard InChI is InChI=1S/C15H9F3N2OS/c16-15(17,18)9-6-7-12-11(8-9)20-14(22-12)13(21)19-10-4-2-1-3-5-10/h1-8H,(H,19,21). The van der Waals surface area contributed by atoms with E-state index < -0.39 is 17.6 Å². The minimum Gasteiger partial charge on any atom is -0.320 e. The van der Waals surface area contributed by atoms with Crippen molar-refractivity contribution in [3.63, 3.8) is 0 Å². The highest BCUT2D eigenvalue weighted by Crippen LogP contribution is 2.32. The lowest BCUT2D eigenvalue weighted by Crippen LogP contribution is -2.11. The Hall–Kier alpha value is -2.41. The Morgan fingerprint density at radius 3 is 2.50 bits per heavy atom. The smallest absolute Gasteiger partial charge is 0.320 e. The van der Waals surface area contributed by atoms with Gasteiger partial charge in [0, 0.05) is 5.69 Å². The van der Waals surface area contributed by atoms with Gasteiger partial charge in [0.25, 0.3) is 5.91 Å². The topological polar surface area (TPSA) is 42.0 Å². The first-order valence-corrected chi connectivity index (χ1v) is 7.09. The highest BCUT2D eigenvalue weighted by molar-refractivity contribution is 7.20. The van der Waals surface area contributed by atoms with Crippen LogP contribution in [0.5, 0.6) is 0 Å². The number of fused-ring (bicyclic) bond motifs is 1. The van der Waals surface area contributed by atoms with Gasteiger partial charge < -0.3 is 5.32 Å². The maximum atomic E-state index is 12.7. The maximum absolute atomic E-state index is 12.7. The van der Waals surface area contributed by atoms with E-state index in [4.69, 9.17) is 0 Å². The second-order valence-corrected chi connectivity index (χ2v) is 5.55. The van der Waals surface area contributed by atoms with E-state index in [9.17, 15) is 18.0 Å². The van der Waals surface area contributed by atoms with Crippen molar-refractivity contribution < 1.29 is 18.0 Å². The van der Waals surface area contributed by atoms with Crippen molar-refractivity contribution in [1.82, 2.24) is 4.98 Å². The summed E-state index contributed by atoms with van der Waals surface area (Å²) >= 11 is 1.05. The molecule has 1 aromatic heterocycles. The first-order valence-electron chi connectivity index (χ1n) is 6.28. The highest BCUT2D eigenvalue weighted by Gasteiger charge is 2.31. The summed E-state index contributed by atoms with van der Waals surface area (Å²) < 4.78 is 38.5. The number of hydrogen-bond acceptors (Lipinski definition) is 3. The van der Waals surface area contributed by atoms with E-state index >= 15 is 0 Å². The average molecular weight is 322 g/mol. The molecule has 0 aliphatic carbocycles. The maximum Gasteiger partial charge on any atom is 0.416 e. The molecule has 1 N–H and O–H groups in total. The van der Waals surface area contributed by atoms with Crippen LogP contribution in [0.3, 0.4) is 0 Å². The second-order valence-electron chi connectivity index (χ2n) is 4.52. The fourth-order valence-electron chi connectivity index (χ4n) is 1.91. The van der Waals surface area contributed by atoms with Crippen molar-refractivity contribution in [2.45, 2.75) is 6.18 Å². The van der Waals surface area contributed by atoms with Crippen LogP contribution in [-0.4, -0.2) is 10.9 Å². The molecule has 0 bridgehead atoms. The van der Waals surface area contributed by atoms with Gasteiger partial charge in [-0.05, 0) is 30.3 Å². The van der Waals surface area contributed by atoms with Crippen molar-refractivity contribution in [3.05, 3.63) is 59.1 Å². The molecule has 0 spiro atoms. The predicted molar refractivity (Wildman–Crippen MR) is 79.0 cm³/mol. The zero-order valence-corrected chi connectivity index (χ0v) is 11.8. The first-order chi connectivity index (χ1) is 10.4. The highest BCUT2D eigenvalue weighted by atomic mass is 32.1. The van der Waals surface area contributed by atoms with Gasteiger partial charge in [0.2, 0.25) is 0 Å². The zero-order valence-electron chi connectivity index (χ0n) is 11.0. The third-order valence-corrected chi connectivity index (χ3v) is 3.98. The number of carbonyl (C=O) groups excluding carboxylic acids is 1. The molecule has 1 heterocycles. The van der Waals surface area contributed by atoms with Crippen LogP contribution in [0.1, 0.15) is 15.4 Å². The van der Waals surface area contributed by atoms with Crippen molar-refractivity contribution in [3.8, 4) is 0 Å². The number of thiazole rings is 1. The molecule has 0 saturated carbocycles. The van der Waals surface area contributed by atoms with Gasteiger partial charge >= 0.3 is 6.18 Å². The molecule has 112 valence electrons. The number of aromatic nitrogens is 1. The molecule has 0 unspecified atom stereocenters. The van der Waals surface area contributed by atoms with Gasteiger partial charge in [0.15, 0.2) is 5.01 Å². The molecule has 0 aliphatic heterocycles. The van der Waals surface area contributed by atoms with Crippen molar-refractivity contribution in [2.75, 3.05) is 5.32 Å². The Balaban J connectivity index is 1.90. The van der Waals surface area contributed by atoms with E-state index in [1.54, 1.807) is 24.3 Å². The van der Waals surface area contributed by atoms with Gasteiger partial charge in [-0.25, -0.2) is 4.98 Å². The summed E-state index contributed by atoms with van der Waals surface area (Å²) in [6, 6.07) is 12.0. The van der Waals surface area contributed by atoms with Crippen LogP contribution in [0.15, 0.2) is 48.5 Å². The fourth-order valence-corrected chi connectivity index (χ4v) is 2.75. The molecule has 0 saturated heterocycles. The summed E-state index contributed by atoms with van der Waals surface area (Å²) in [4.78, 5) is 16.1. The number of alkyl halides is 3. The molecule has 0 aliphatic rings. The number of amides is 1. The Morgan fingerprint density at radius 2 is 1.82 bits per heavy atom. The molecule has 3 rings (SSSR count). The number of nitrogens with zero attached hydrogens (tertiary/aromatic N) is 1. The molecular weight excluding hydrogens is 313 g/mol. The first kappa shape index (κ1) is 14.5. The third kappa shape index (κ3) is 2.94. The van der Waals surface area contributed by atoms with Crippen LogP contribution in [-0.2, 0) is 6.18 Å². The lowest BCUT2D eigenvalue weighted by atomic mass is 10.2. The monoisotopic (exact) mass is 322 g/mol. The lowest BCUT2D eigenvalue weighted by Gasteiger charge is -2.04. The molecule has 3 aromatic rings. The Morgan fingerprint density at radius 1 is 1.09 bits per heavy atom. The van der Waals surface area contributed by atoms with Crippen LogP contribution in [0.25, 0.3) is 10.2 Å². The molecule has 0 fully saturated rings. The number of para-hydroxylation sites is 1. The van der Waals surface area contributed by atoms with Crippen LogP contribution in [0.2, 0.25) is 0 Å². The molecule has 3 nitrogen and oxygen atoms in total. The number of rotatable bonds is 2. The Bertz CT molecular complexity index is 828. The predicted octanol–water partition coefficient (Wildman–Crippen LogP) is 4.57. The summed E-state index contributed by atoms with van der Waals surface area (Å²) in [6.07, 6.45) is -4.43. The summed E-state index contributed by atoms with van der Waals surface area (Å²) in [6.45, 7) is 0. The van der Waals surface area contributed by atoms with E-state index in [0.29, 0.717) is 10.4 Å². The van der Waals surface area contributed by atoms with E-state index in [0.717, 1.165) is 23.5 Å². The third-order valence-electron chi connectivity index (χ3n) is 2.94. The van der Waals surface area contributed by atoms with Gasteiger partial charge in [0.05, 0.1) is 15.8 Å². The molecule has 7 heteroatoms. The van der Waals surface area contributed by atoms with Crippen LogP contribution < -0.4 is 5.32 Å². The number of nitrogens with one attached hydrogen (secondary N) is 1. The minimum atomic E-state index is -4.43. The molecule has 1 amide bonds. The van der Waals surface area contributed by atoms with Gasteiger partial charge in [-0.2, -0.15) is 13.2 Å². The summed E-state index contributed by atoms with van der Waals surface area (Å²) in [7, 11) is 0. The number of halogens is 3. The average Bonchev–Trinajstić information content (AvgIpc) is 2.90. The Kier molecular flexibility index (Phi) is 3.58. The SMILES string of the molecule is O=C(Nc1ccccc1)c1nc2cc(C(F)(F)F)ccc2s1. The van der Waals surface area contributed by atoms with Crippen molar-refractivity contribution in [1.29, 1.82) is 0 Å². The normalized spacial score (nSPS) is 11.6.